The summed E-state index contributed by atoms with van der Waals surface area (Å²) in [5.41, 5.74) is 2.81. The van der Waals surface area contributed by atoms with Crippen LogP contribution in [-0.2, 0) is 21.4 Å². The molecular formula is C17H24N2O3. The van der Waals surface area contributed by atoms with Gasteiger partial charge in [0.25, 0.3) is 0 Å². The molecule has 1 amide bonds. The maximum atomic E-state index is 11.9. The number of aryl methyl sites for hydroxylation is 1. The van der Waals surface area contributed by atoms with E-state index in [1.54, 1.807) is 0 Å². The number of anilines is 1. The minimum atomic E-state index is -0.492. The predicted octanol–water partition coefficient (Wildman–Crippen LogP) is 2.79. The number of ether oxygens (including phenoxy) is 2. The molecule has 5 nitrogen and oxygen atoms in total. The maximum absolute atomic E-state index is 11.9. The Morgan fingerprint density at radius 2 is 2.23 bits per heavy atom. The van der Waals surface area contributed by atoms with Crippen molar-refractivity contribution in [3.8, 4) is 0 Å². The molecule has 1 fully saturated rings. The first-order chi connectivity index (χ1) is 10.4. The highest BCUT2D eigenvalue weighted by Gasteiger charge is 2.40. The van der Waals surface area contributed by atoms with Gasteiger partial charge in [0.05, 0.1) is 18.8 Å². The number of nitrogens with one attached hydrogen (secondary N) is 2. The van der Waals surface area contributed by atoms with Gasteiger partial charge in [-0.3, -0.25) is 5.32 Å². The van der Waals surface area contributed by atoms with Crippen molar-refractivity contribution in [2.24, 2.45) is 0 Å². The largest absolute Gasteiger partial charge is 0.444 e. The van der Waals surface area contributed by atoms with Crippen LogP contribution in [0.4, 0.5) is 10.5 Å². The van der Waals surface area contributed by atoms with E-state index in [0.717, 1.165) is 38.3 Å². The van der Waals surface area contributed by atoms with Crippen LogP contribution in [-0.4, -0.2) is 31.5 Å². The number of fused-ring (bicyclic) bond motifs is 2. The van der Waals surface area contributed by atoms with Crippen LogP contribution in [0.25, 0.3) is 0 Å². The van der Waals surface area contributed by atoms with Crippen LogP contribution >= 0.6 is 0 Å². The fourth-order valence-electron chi connectivity index (χ4n) is 3.24. The van der Waals surface area contributed by atoms with Crippen molar-refractivity contribution in [1.82, 2.24) is 5.32 Å². The molecule has 1 saturated heterocycles. The number of carbonyl (C=O) groups excluding carboxylic acids is 1. The van der Waals surface area contributed by atoms with Crippen LogP contribution in [0, 0.1) is 0 Å². The first-order valence-corrected chi connectivity index (χ1v) is 7.84. The summed E-state index contributed by atoms with van der Waals surface area (Å²) in [6.45, 7) is 7.95. The Balaban J connectivity index is 1.74. The van der Waals surface area contributed by atoms with E-state index in [2.05, 4.69) is 16.7 Å². The standard InChI is InChI=1S/C17H24N2O3/c1-16(2,3)22-15(20)19-13-4-5-14-12(10-13)6-7-17(14)11-21-9-8-18-17/h4-5,10,18H,6-9,11H2,1-3H3,(H,19,20)/t17-/m1/s1. The number of benzene rings is 1. The van der Waals surface area contributed by atoms with Crippen LogP contribution in [0.2, 0.25) is 0 Å². The van der Waals surface area contributed by atoms with Crippen molar-refractivity contribution >= 4 is 11.8 Å². The van der Waals surface area contributed by atoms with Gasteiger partial charge in [0.1, 0.15) is 5.60 Å². The SMILES string of the molecule is CC(C)(C)OC(=O)Nc1ccc2c(c1)CC[C@@]21COCCN1. The average molecular weight is 304 g/mol. The smallest absolute Gasteiger partial charge is 0.412 e. The second-order valence-electron chi connectivity index (χ2n) is 7.06. The number of hydrogen-bond donors (Lipinski definition) is 2. The summed E-state index contributed by atoms with van der Waals surface area (Å²) in [5.74, 6) is 0. The Morgan fingerprint density at radius 3 is 2.91 bits per heavy atom. The molecule has 5 heteroatoms. The molecule has 1 aliphatic carbocycles. The molecule has 2 N–H and O–H groups in total. The highest BCUT2D eigenvalue weighted by molar-refractivity contribution is 5.85. The third kappa shape index (κ3) is 3.10. The highest BCUT2D eigenvalue weighted by Crippen LogP contribution is 2.39. The van der Waals surface area contributed by atoms with Crippen LogP contribution < -0.4 is 10.6 Å². The molecule has 1 aromatic carbocycles. The zero-order valence-electron chi connectivity index (χ0n) is 13.5. The van der Waals surface area contributed by atoms with Gasteiger partial charge in [-0.05, 0) is 56.9 Å². The Labute approximate surface area is 131 Å². The highest BCUT2D eigenvalue weighted by atomic mass is 16.6. The van der Waals surface area contributed by atoms with E-state index >= 15 is 0 Å². The van der Waals surface area contributed by atoms with Gasteiger partial charge in [0, 0.05) is 12.2 Å². The van der Waals surface area contributed by atoms with Crippen LogP contribution in [0.3, 0.4) is 0 Å². The van der Waals surface area contributed by atoms with Crippen LogP contribution in [0.15, 0.2) is 18.2 Å². The topological polar surface area (TPSA) is 59.6 Å². The third-order valence-corrected chi connectivity index (χ3v) is 4.15. The molecule has 0 aromatic heterocycles. The molecule has 0 saturated carbocycles. The molecule has 1 aliphatic heterocycles. The Kier molecular flexibility index (Phi) is 3.87. The molecule has 0 radical (unpaired) electrons. The Hall–Kier alpha value is -1.59. The van der Waals surface area contributed by atoms with E-state index < -0.39 is 11.7 Å². The maximum Gasteiger partial charge on any atom is 0.412 e. The summed E-state index contributed by atoms with van der Waals surface area (Å²) in [6, 6.07) is 6.08. The van der Waals surface area contributed by atoms with Gasteiger partial charge in [-0.2, -0.15) is 0 Å². The van der Waals surface area contributed by atoms with Gasteiger partial charge in [-0.15, -0.1) is 0 Å². The lowest BCUT2D eigenvalue weighted by Gasteiger charge is -2.35. The first-order valence-electron chi connectivity index (χ1n) is 7.84. The molecule has 1 aromatic rings. The van der Waals surface area contributed by atoms with Crippen molar-refractivity contribution < 1.29 is 14.3 Å². The van der Waals surface area contributed by atoms with Gasteiger partial charge < -0.3 is 14.8 Å². The predicted molar refractivity (Wildman–Crippen MR) is 85.1 cm³/mol. The molecule has 120 valence electrons. The van der Waals surface area contributed by atoms with E-state index in [1.165, 1.54) is 11.1 Å². The van der Waals surface area contributed by atoms with Gasteiger partial charge >= 0.3 is 6.09 Å². The molecule has 1 atom stereocenters. The van der Waals surface area contributed by atoms with Crippen LogP contribution in [0.1, 0.15) is 38.3 Å². The molecule has 1 heterocycles. The van der Waals surface area contributed by atoms with Gasteiger partial charge in [0.15, 0.2) is 0 Å². The monoisotopic (exact) mass is 304 g/mol. The first kappa shape index (κ1) is 15.3. The molecule has 3 rings (SSSR count). The summed E-state index contributed by atoms with van der Waals surface area (Å²) >= 11 is 0. The average Bonchev–Trinajstić information content (AvgIpc) is 2.76. The summed E-state index contributed by atoms with van der Waals surface area (Å²) < 4.78 is 10.9. The normalized spacial score (nSPS) is 24.1. The summed E-state index contributed by atoms with van der Waals surface area (Å²) in [4.78, 5) is 11.9. The fourth-order valence-corrected chi connectivity index (χ4v) is 3.24. The molecular weight excluding hydrogens is 280 g/mol. The number of amides is 1. The zero-order valence-corrected chi connectivity index (χ0v) is 13.5. The second-order valence-corrected chi connectivity index (χ2v) is 7.06. The number of rotatable bonds is 1. The third-order valence-electron chi connectivity index (χ3n) is 4.15. The fraction of sp³-hybridized carbons (Fsp3) is 0.588. The number of morpholine rings is 1. The van der Waals surface area contributed by atoms with Crippen molar-refractivity contribution in [1.29, 1.82) is 0 Å². The molecule has 0 unspecified atom stereocenters. The Bertz CT molecular complexity index is 572. The lowest BCUT2D eigenvalue weighted by Crippen LogP contribution is -2.50. The van der Waals surface area contributed by atoms with E-state index in [9.17, 15) is 4.79 Å². The Morgan fingerprint density at radius 1 is 1.41 bits per heavy atom. The minimum absolute atomic E-state index is 0.0436. The van der Waals surface area contributed by atoms with Crippen LogP contribution in [0.5, 0.6) is 0 Å². The molecule has 22 heavy (non-hydrogen) atoms. The zero-order chi connectivity index (χ0) is 15.8. The van der Waals surface area contributed by atoms with E-state index in [0.29, 0.717) is 0 Å². The number of carbonyl (C=O) groups is 1. The van der Waals surface area contributed by atoms with Crippen molar-refractivity contribution in [3.05, 3.63) is 29.3 Å². The minimum Gasteiger partial charge on any atom is -0.444 e. The summed E-state index contributed by atoms with van der Waals surface area (Å²) in [6.07, 6.45) is 1.62. The van der Waals surface area contributed by atoms with E-state index in [1.807, 2.05) is 32.9 Å². The molecule has 2 aliphatic rings. The molecule has 1 spiro atoms. The summed E-state index contributed by atoms with van der Waals surface area (Å²) in [5, 5.41) is 6.41. The van der Waals surface area contributed by atoms with E-state index in [-0.39, 0.29) is 5.54 Å². The van der Waals surface area contributed by atoms with Crippen molar-refractivity contribution in [2.45, 2.75) is 44.8 Å². The lowest BCUT2D eigenvalue weighted by atomic mass is 9.91. The molecule has 0 bridgehead atoms. The number of hydrogen-bond acceptors (Lipinski definition) is 4. The quantitative estimate of drug-likeness (QED) is 0.837. The lowest BCUT2D eigenvalue weighted by molar-refractivity contribution is 0.0260. The van der Waals surface area contributed by atoms with Crippen molar-refractivity contribution in [2.75, 3.05) is 25.1 Å². The van der Waals surface area contributed by atoms with Crippen molar-refractivity contribution in [3.63, 3.8) is 0 Å². The summed E-state index contributed by atoms with van der Waals surface area (Å²) in [7, 11) is 0. The van der Waals surface area contributed by atoms with E-state index in [4.69, 9.17) is 9.47 Å². The van der Waals surface area contributed by atoms with Gasteiger partial charge in [-0.1, -0.05) is 6.07 Å². The van der Waals surface area contributed by atoms with Gasteiger partial charge in [-0.25, -0.2) is 4.79 Å². The second kappa shape index (κ2) is 5.56. The van der Waals surface area contributed by atoms with Gasteiger partial charge in [0.2, 0.25) is 0 Å².